The molecule has 3 N–H and O–H groups in total. The van der Waals surface area contributed by atoms with E-state index in [9.17, 15) is 22.8 Å². The van der Waals surface area contributed by atoms with Crippen LogP contribution >= 0.6 is 11.6 Å². The van der Waals surface area contributed by atoms with Crippen molar-refractivity contribution in [1.82, 2.24) is 5.32 Å². The van der Waals surface area contributed by atoms with E-state index in [1.165, 1.54) is 6.07 Å². The van der Waals surface area contributed by atoms with E-state index >= 15 is 0 Å². The van der Waals surface area contributed by atoms with Crippen molar-refractivity contribution >= 4 is 29.2 Å². The molecule has 10 heteroatoms. The fourth-order valence-corrected chi connectivity index (χ4v) is 1.74. The summed E-state index contributed by atoms with van der Waals surface area (Å²) in [4.78, 5) is 21.9. The number of aliphatic carboxylic acids is 1. The molecule has 0 fully saturated rings. The maximum atomic E-state index is 12.7. The number of hydrogen-bond donors (Lipinski definition) is 3. The molecule has 1 aromatic carbocycles. The first-order valence-electron chi connectivity index (χ1n) is 6.38. The SMILES string of the molecule is N#C/C(=C/Nc1ccc(Cl)c(C(F)(F)F)c1)C(=O)NCCC(=O)O. The molecule has 0 aliphatic rings. The Morgan fingerprint density at radius 2 is 2.04 bits per heavy atom. The van der Waals surface area contributed by atoms with Gasteiger partial charge < -0.3 is 15.7 Å². The van der Waals surface area contributed by atoms with Gasteiger partial charge in [0.2, 0.25) is 0 Å². The fraction of sp³-hybridized carbons (Fsp3) is 0.214. The molecule has 1 aromatic rings. The van der Waals surface area contributed by atoms with E-state index in [1.54, 1.807) is 6.07 Å². The van der Waals surface area contributed by atoms with Crippen molar-refractivity contribution in [1.29, 1.82) is 5.26 Å². The van der Waals surface area contributed by atoms with Gasteiger partial charge in [-0.2, -0.15) is 18.4 Å². The lowest BCUT2D eigenvalue weighted by Gasteiger charge is -2.11. The van der Waals surface area contributed by atoms with Crippen LogP contribution in [0.25, 0.3) is 0 Å². The van der Waals surface area contributed by atoms with Gasteiger partial charge in [-0.15, -0.1) is 0 Å². The Morgan fingerprint density at radius 3 is 2.58 bits per heavy atom. The summed E-state index contributed by atoms with van der Waals surface area (Å²) in [7, 11) is 0. The summed E-state index contributed by atoms with van der Waals surface area (Å²) in [6.45, 7) is -0.188. The summed E-state index contributed by atoms with van der Waals surface area (Å²) in [5, 5.41) is 21.4. The largest absolute Gasteiger partial charge is 0.481 e. The Bertz CT molecular complexity index is 711. The first-order chi connectivity index (χ1) is 11.1. The summed E-state index contributed by atoms with van der Waals surface area (Å²) >= 11 is 5.48. The summed E-state index contributed by atoms with van der Waals surface area (Å²) in [6, 6.07) is 4.56. The number of hydrogen-bond acceptors (Lipinski definition) is 4. The van der Waals surface area contributed by atoms with Gasteiger partial charge in [0.25, 0.3) is 5.91 Å². The number of nitrogens with one attached hydrogen (secondary N) is 2. The molecule has 0 saturated carbocycles. The van der Waals surface area contributed by atoms with Crippen molar-refractivity contribution in [3.63, 3.8) is 0 Å². The third-order valence-electron chi connectivity index (χ3n) is 2.64. The minimum absolute atomic E-state index is 0.0298. The van der Waals surface area contributed by atoms with Crippen molar-refractivity contribution in [3.8, 4) is 6.07 Å². The van der Waals surface area contributed by atoms with Gasteiger partial charge >= 0.3 is 12.1 Å². The van der Waals surface area contributed by atoms with E-state index in [4.69, 9.17) is 22.0 Å². The van der Waals surface area contributed by atoms with Crippen LogP contribution in [0.3, 0.4) is 0 Å². The summed E-state index contributed by atoms with van der Waals surface area (Å²) in [5.41, 5.74) is -1.52. The topological polar surface area (TPSA) is 102 Å². The maximum absolute atomic E-state index is 12.7. The molecule has 24 heavy (non-hydrogen) atoms. The number of carbonyl (C=O) groups is 2. The number of anilines is 1. The quantitative estimate of drug-likeness (QED) is 0.534. The average molecular weight is 362 g/mol. The monoisotopic (exact) mass is 361 g/mol. The van der Waals surface area contributed by atoms with Crippen molar-refractivity contribution in [2.75, 3.05) is 11.9 Å². The van der Waals surface area contributed by atoms with Gasteiger partial charge in [-0.25, -0.2) is 0 Å². The molecule has 0 aliphatic carbocycles. The van der Waals surface area contributed by atoms with Crippen molar-refractivity contribution in [3.05, 3.63) is 40.6 Å². The Labute approximate surface area is 139 Å². The molecule has 6 nitrogen and oxygen atoms in total. The van der Waals surface area contributed by atoms with Gasteiger partial charge in [-0.3, -0.25) is 9.59 Å². The van der Waals surface area contributed by atoms with Gasteiger partial charge in [-0.1, -0.05) is 11.6 Å². The minimum atomic E-state index is -4.65. The highest BCUT2D eigenvalue weighted by atomic mass is 35.5. The molecular weight excluding hydrogens is 351 g/mol. The summed E-state index contributed by atoms with van der Waals surface area (Å²) < 4.78 is 38.2. The molecule has 0 radical (unpaired) electrons. The van der Waals surface area contributed by atoms with Crippen LogP contribution in [0.5, 0.6) is 0 Å². The molecule has 0 spiro atoms. The molecule has 1 amide bonds. The number of carboxylic acid groups (broad SMARTS) is 1. The van der Waals surface area contributed by atoms with Crippen molar-refractivity contribution < 1.29 is 27.9 Å². The zero-order chi connectivity index (χ0) is 18.3. The number of nitrogens with zero attached hydrogens (tertiary/aromatic N) is 1. The van der Waals surface area contributed by atoms with Crippen LogP contribution in [-0.2, 0) is 15.8 Å². The van der Waals surface area contributed by atoms with Gasteiger partial charge in [0.15, 0.2) is 0 Å². The number of carboxylic acids is 1. The highest BCUT2D eigenvalue weighted by Gasteiger charge is 2.33. The molecule has 128 valence electrons. The number of rotatable bonds is 6. The third kappa shape index (κ3) is 5.81. The summed E-state index contributed by atoms with van der Waals surface area (Å²) in [5.74, 6) is -1.98. The van der Waals surface area contributed by atoms with E-state index in [1.807, 2.05) is 0 Å². The predicted molar refractivity (Wildman–Crippen MR) is 79.0 cm³/mol. The highest BCUT2D eigenvalue weighted by molar-refractivity contribution is 6.31. The number of amides is 1. The fourth-order valence-electron chi connectivity index (χ4n) is 1.51. The number of halogens is 4. The predicted octanol–water partition coefficient (Wildman–Crippen LogP) is 2.77. The van der Waals surface area contributed by atoms with E-state index < -0.39 is 34.2 Å². The van der Waals surface area contributed by atoms with Gasteiger partial charge in [-0.05, 0) is 18.2 Å². The van der Waals surface area contributed by atoms with E-state index in [-0.39, 0.29) is 18.7 Å². The van der Waals surface area contributed by atoms with Crippen LogP contribution < -0.4 is 10.6 Å². The normalized spacial score (nSPS) is 11.5. The van der Waals surface area contributed by atoms with Crippen LogP contribution in [-0.4, -0.2) is 23.5 Å². The van der Waals surface area contributed by atoms with E-state index in [2.05, 4.69) is 10.6 Å². The second kappa shape index (κ2) is 8.21. The van der Waals surface area contributed by atoms with Gasteiger partial charge in [0.1, 0.15) is 11.6 Å². The Hall–Kier alpha value is -2.73. The number of nitriles is 1. The molecule has 0 atom stereocenters. The smallest absolute Gasteiger partial charge is 0.417 e. The molecular formula is C14H11ClF3N3O3. The lowest BCUT2D eigenvalue weighted by atomic mass is 10.2. The lowest BCUT2D eigenvalue weighted by Crippen LogP contribution is -2.27. The molecule has 0 bridgehead atoms. The first-order valence-corrected chi connectivity index (χ1v) is 6.76. The number of carbonyl (C=O) groups excluding carboxylic acids is 1. The number of alkyl halides is 3. The van der Waals surface area contributed by atoms with Crippen molar-refractivity contribution in [2.45, 2.75) is 12.6 Å². The molecule has 0 aliphatic heterocycles. The van der Waals surface area contributed by atoms with Crippen LogP contribution in [0, 0.1) is 11.3 Å². The molecule has 0 saturated heterocycles. The third-order valence-corrected chi connectivity index (χ3v) is 2.97. The molecule has 0 aromatic heterocycles. The molecule has 1 rings (SSSR count). The first kappa shape index (κ1) is 19.3. The Morgan fingerprint density at radius 1 is 1.38 bits per heavy atom. The van der Waals surface area contributed by atoms with Crippen molar-refractivity contribution in [2.24, 2.45) is 0 Å². The van der Waals surface area contributed by atoms with Crippen LogP contribution in [0.2, 0.25) is 5.02 Å². The van der Waals surface area contributed by atoms with Gasteiger partial charge in [0, 0.05) is 18.4 Å². The van der Waals surface area contributed by atoms with Gasteiger partial charge in [0.05, 0.1) is 17.0 Å². The van der Waals surface area contributed by atoms with Crippen LogP contribution in [0.1, 0.15) is 12.0 Å². The zero-order valence-electron chi connectivity index (χ0n) is 11.9. The standard InChI is InChI=1S/C14H11ClF3N3O3/c15-11-2-1-9(5-10(11)14(16,17)18)21-7-8(6-19)13(24)20-4-3-12(22)23/h1-2,5,7,21H,3-4H2,(H,20,24)(H,22,23)/b8-7-. The van der Waals surface area contributed by atoms with Crippen LogP contribution in [0.4, 0.5) is 18.9 Å². The van der Waals surface area contributed by atoms with Crippen LogP contribution in [0.15, 0.2) is 30.0 Å². The zero-order valence-corrected chi connectivity index (χ0v) is 12.7. The maximum Gasteiger partial charge on any atom is 0.417 e. The Balaban J connectivity index is 2.84. The van der Waals surface area contributed by atoms with E-state index in [0.717, 1.165) is 18.3 Å². The minimum Gasteiger partial charge on any atom is -0.481 e. The molecule has 0 unspecified atom stereocenters. The van der Waals surface area contributed by atoms with E-state index in [0.29, 0.717) is 0 Å². The average Bonchev–Trinajstić information content (AvgIpc) is 2.47. The second-order valence-electron chi connectivity index (χ2n) is 4.41. The second-order valence-corrected chi connectivity index (χ2v) is 4.81. The highest BCUT2D eigenvalue weighted by Crippen LogP contribution is 2.36. The Kier molecular flexibility index (Phi) is 6.61. The summed E-state index contributed by atoms with van der Waals surface area (Å²) in [6.07, 6.45) is -4.06. The lowest BCUT2D eigenvalue weighted by molar-refractivity contribution is -0.138. The molecule has 0 heterocycles. The number of benzene rings is 1.